The van der Waals surface area contributed by atoms with Crippen molar-refractivity contribution in [1.29, 1.82) is 5.26 Å². The number of hydrogen-bond acceptors (Lipinski definition) is 6. The van der Waals surface area contributed by atoms with Gasteiger partial charge in [-0.2, -0.15) is 9.57 Å². The standard InChI is InChI=1S/C21H23N3O5S/c1-3-24(4-2)30(27,28)19-11-9-16(10-12-19)21(26)23-14-20(25)29-15-18-8-6-5-7-17(18)13-22/h5-12H,3-4,14-15H2,1-2H3,(H,23,26). The molecule has 0 saturated heterocycles. The van der Waals surface area contributed by atoms with Crippen LogP contribution in [0.5, 0.6) is 0 Å². The molecule has 0 unspecified atom stereocenters. The van der Waals surface area contributed by atoms with E-state index in [2.05, 4.69) is 5.32 Å². The van der Waals surface area contributed by atoms with Gasteiger partial charge < -0.3 is 10.1 Å². The Kier molecular flexibility index (Phi) is 8.09. The van der Waals surface area contributed by atoms with Gasteiger partial charge in [-0.3, -0.25) is 9.59 Å². The highest BCUT2D eigenvalue weighted by Gasteiger charge is 2.21. The maximum atomic E-state index is 12.5. The third-order valence-electron chi connectivity index (χ3n) is 4.38. The molecule has 0 aliphatic heterocycles. The fourth-order valence-corrected chi connectivity index (χ4v) is 4.17. The molecule has 0 atom stereocenters. The van der Waals surface area contributed by atoms with E-state index in [0.717, 1.165) is 0 Å². The first kappa shape index (κ1) is 23.1. The molecule has 158 valence electrons. The second kappa shape index (κ2) is 10.5. The Balaban J connectivity index is 1.92. The highest BCUT2D eigenvalue weighted by Crippen LogP contribution is 2.16. The van der Waals surface area contributed by atoms with Gasteiger partial charge in [-0.05, 0) is 30.3 Å². The van der Waals surface area contributed by atoms with Crippen LogP contribution in [-0.2, 0) is 26.2 Å². The number of nitrogens with zero attached hydrogens (tertiary/aromatic N) is 2. The first-order chi connectivity index (χ1) is 14.3. The predicted octanol–water partition coefficient (Wildman–Crippen LogP) is 2.06. The molecular weight excluding hydrogens is 406 g/mol. The maximum absolute atomic E-state index is 12.5. The van der Waals surface area contributed by atoms with Gasteiger partial charge in [0.2, 0.25) is 10.0 Å². The Morgan fingerprint density at radius 2 is 1.70 bits per heavy atom. The molecule has 0 saturated carbocycles. The molecule has 0 radical (unpaired) electrons. The number of ether oxygens (including phenoxy) is 1. The number of carbonyl (C=O) groups is 2. The largest absolute Gasteiger partial charge is 0.459 e. The molecule has 2 aromatic rings. The highest BCUT2D eigenvalue weighted by molar-refractivity contribution is 7.89. The Morgan fingerprint density at radius 1 is 1.07 bits per heavy atom. The van der Waals surface area contributed by atoms with E-state index in [9.17, 15) is 18.0 Å². The van der Waals surface area contributed by atoms with Gasteiger partial charge in [0.05, 0.1) is 16.5 Å². The molecule has 2 aromatic carbocycles. The number of amides is 1. The molecule has 8 nitrogen and oxygen atoms in total. The number of carbonyl (C=O) groups excluding carboxylic acids is 2. The zero-order valence-electron chi connectivity index (χ0n) is 16.8. The molecule has 0 heterocycles. The normalized spacial score (nSPS) is 11.0. The quantitative estimate of drug-likeness (QED) is 0.610. The molecule has 0 spiro atoms. The lowest BCUT2D eigenvalue weighted by molar-refractivity contribution is -0.143. The summed E-state index contributed by atoms with van der Waals surface area (Å²) in [5, 5.41) is 11.5. The van der Waals surface area contributed by atoms with Crippen LogP contribution in [0.3, 0.4) is 0 Å². The lowest BCUT2D eigenvalue weighted by atomic mass is 10.1. The van der Waals surface area contributed by atoms with Crippen molar-refractivity contribution in [2.24, 2.45) is 0 Å². The van der Waals surface area contributed by atoms with Gasteiger partial charge in [-0.25, -0.2) is 8.42 Å². The monoisotopic (exact) mass is 429 g/mol. The van der Waals surface area contributed by atoms with Gasteiger partial charge in [0.25, 0.3) is 5.91 Å². The summed E-state index contributed by atoms with van der Waals surface area (Å²) in [6.45, 7) is 3.77. The van der Waals surface area contributed by atoms with Crippen LogP contribution >= 0.6 is 0 Å². The van der Waals surface area contributed by atoms with E-state index in [0.29, 0.717) is 24.2 Å². The van der Waals surface area contributed by atoms with Crippen molar-refractivity contribution in [3.05, 3.63) is 65.2 Å². The Bertz CT molecular complexity index is 1040. The van der Waals surface area contributed by atoms with E-state index < -0.39 is 21.9 Å². The summed E-state index contributed by atoms with van der Waals surface area (Å²) < 4.78 is 31.3. The van der Waals surface area contributed by atoms with Crippen molar-refractivity contribution in [1.82, 2.24) is 9.62 Å². The third-order valence-corrected chi connectivity index (χ3v) is 6.44. The summed E-state index contributed by atoms with van der Waals surface area (Å²) in [7, 11) is -3.60. The Hall–Kier alpha value is -3.22. The van der Waals surface area contributed by atoms with Crippen LogP contribution in [0.1, 0.15) is 35.3 Å². The molecule has 0 bridgehead atoms. The van der Waals surface area contributed by atoms with Crippen molar-refractivity contribution in [2.45, 2.75) is 25.3 Å². The van der Waals surface area contributed by atoms with Crippen molar-refractivity contribution in [2.75, 3.05) is 19.6 Å². The molecule has 0 fully saturated rings. The molecule has 0 aliphatic rings. The summed E-state index contributed by atoms with van der Waals surface area (Å²) in [6, 6.07) is 14.3. The van der Waals surface area contributed by atoms with Gasteiger partial charge in [0.1, 0.15) is 13.2 Å². The lowest BCUT2D eigenvalue weighted by Crippen LogP contribution is -2.31. The van der Waals surface area contributed by atoms with Gasteiger partial charge >= 0.3 is 5.97 Å². The van der Waals surface area contributed by atoms with Crippen LogP contribution < -0.4 is 5.32 Å². The molecule has 1 amide bonds. The molecule has 30 heavy (non-hydrogen) atoms. The molecule has 9 heteroatoms. The smallest absolute Gasteiger partial charge is 0.325 e. The minimum Gasteiger partial charge on any atom is -0.459 e. The average Bonchev–Trinajstić information content (AvgIpc) is 2.76. The maximum Gasteiger partial charge on any atom is 0.325 e. The lowest BCUT2D eigenvalue weighted by Gasteiger charge is -2.18. The van der Waals surface area contributed by atoms with E-state index in [1.807, 2.05) is 6.07 Å². The molecule has 2 rings (SSSR count). The first-order valence-electron chi connectivity index (χ1n) is 9.35. The number of nitrogens with one attached hydrogen (secondary N) is 1. The second-order valence-corrected chi connectivity index (χ2v) is 8.16. The van der Waals surface area contributed by atoms with E-state index >= 15 is 0 Å². The number of nitriles is 1. The van der Waals surface area contributed by atoms with Crippen LogP contribution in [-0.4, -0.2) is 44.2 Å². The number of rotatable bonds is 9. The van der Waals surface area contributed by atoms with E-state index in [4.69, 9.17) is 10.00 Å². The molecule has 0 aliphatic carbocycles. The van der Waals surface area contributed by atoms with Gasteiger partial charge in [-0.1, -0.05) is 32.0 Å². The van der Waals surface area contributed by atoms with Crippen LogP contribution in [0.15, 0.2) is 53.4 Å². The van der Waals surface area contributed by atoms with Crippen molar-refractivity contribution >= 4 is 21.9 Å². The van der Waals surface area contributed by atoms with Crippen molar-refractivity contribution < 1.29 is 22.7 Å². The van der Waals surface area contributed by atoms with E-state index in [1.165, 1.54) is 28.6 Å². The number of esters is 1. The molecule has 1 N–H and O–H groups in total. The van der Waals surface area contributed by atoms with Crippen molar-refractivity contribution in [3.63, 3.8) is 0 Å². The van der Waals surface area contributed by atoms with Crippen LogP contribution in [0.4, 0.5) is 0 Å². The second-order valence-electron chi connectivity index (χ2n) is 6.23. The minimum atomic E-state index is -3.60. The zero-order chi connectivity index (χ0) is 22.1. The summed E-state index contributed by atoms with van der Waals surface area (Å²) in [4.78, 5) is 24.2. The number of sulfonamides is 1. The van der Waals surface area contributed by atoms with Crippen LogP contribution in [0.25, 0.3) is 0 Å². The molecule has 0 aromatic heterocycles. The summed E-state index contributed by atoms with van der Waals surface area (Å²) in [6.07, 6.45) is 0. The molecular formula is C21H23N3O5S. The summed E-state index contributed by atoms with van der Waals surface area (Å²) in [5.41, 5.74) is 1.20. The third kappa shape index (κ3) is 5.65. The SMILES string of the molecule is CCN(CC)S(=O)(=O)c1ccc(C(=O)NCC(=O)OCc2ccccc2C#N)cc1. The van der Waals surface area contributed by atoms with E-state index in [-0.39, 0.29) is 23.6 Å². The number of benzene rings is 2. The topological polar surface area (TPSA) is 117 Å². The number of hydrogen-bond donors (Lipinski definition) is 1. The van der Waals surface area contributed by atoms with Gasteiger partial charge in [0.15, 0.2) is 0 Å². The van der Waals surface area contributed by atoms with Crippen LogP contribution in [0, 0.1) is 11.3 Å². The minimum absolute atomic E-state index is 0.0731. The van der Waals surface area contributed by atoms with Crippen LogP contribution in [0.2, 0.25) is 0 Å². The predicted molar refractivity (Wildman–Crippen MR) is 110 cm³/mol. The Labute approximate surface area is 176 Å². The summed E-state index contributed by atoms with van der Waals surface area (Å²) in [5.74, 6) is -1.19. The fraction of sp³-hybridized carbons (Fsp3) is 0.286. The van der Waals surface area contributed by atoms with E-state index in [1.54, 1.807) is 38.1 Å². The summed E-state index contributed by atoms with van der Waals surface area (Å²) >= 11 is 0. The first-order valence-corrected chi connectivity index (χ1v) is 10.8. The average molecular weight is 429 g/mol. The van der Waals surface area contributed by atoms with Gasteiger partial charge in [0, 0.05) is 24.2 Å². The van der Waals surface area contributed by atoms with Crippen molar-refractivity contribution in [3.8, 4) is 6.07 Å². The Morgan fingerprint density at radius 3 is 2.30 bits per heavy atom. The van der Waals surface area contributed by atoms with Gasteiger partial charge in [-0.15, -0.1) is 0 Å². The fourth-order valence-electron chi connectivity index (χ4n) is 2.71. The highest BCUT2D eigenvalue weighted by atomic mass is 32.2. The zero-order valence-corrected chi connectivity index (χ0v) is 17.6.